The van der Waals surface area contributed by atoms with Crippen LogP contribution in [-0.4, -0.2) is 4.98 Å². The highest BCUT2D eigenvalue weighted by atomic mass is 32.1. The minimum atomic E-state index is -0.272. The number of hydrogen-bond donors (Lipinski definition) is 1. The molecule has 0 aliphatic heterocycles. The first-order valence-corrected chi connectivity index (χ1v) is 7.01. The van der Waals surface area contributed by atoms with Gasteiger partial charge in [0.25, 0.3) is 0 Å². The molecule has 20 heavy (non-hydrogen) atoms. The molecule has 0 bridgehead atoms. The van der Waals surface area contributed by atoms with Crippen LogP contribution < -0.4 is 5.32 Å². The Kier molecular flexibility index (Phi) is 3.36. The lowest BCUT2D eigenvalue weighted by Crippen LogP contribution is -2.06. The van der Waals surface area contributed by atoms with Gasteiger partial charge in [-0.2, -0.15) is 0 Å². The minimum absolute atomic E-state index is 0.0730. The molecule has 0 saturated carbocycles. The number of anilines is 1. The SMILES string of the molecule is CC(Nc1nc2ccc(F)cc2s1)c1cccc(F)c1. The molecule has 0 amide bonds. The van der Waals surface area contributed by atoms with Crippen molar-refractivity contribution in [3.8, 4) is 0 Å². The van der Waals surface area contributed by atoms with E-state index in [0.29, 0.717) is 5.13 Å². The molecule has 0 aliphatic carbocycles. The van der Waals surface area contributed by atoms with E-state index in [1.807, 2.05) is 13.0 Å². The number of halogens is 2. The van der Waals surface area contributed by atoms with Crippen molar-refractivity contribution >= 4 is 26.7 Å². The molecular formula is C15H12F2N2S. The second-order valence-electron chi connectivity index (χ2n) is 4.55. The van der Waals surface area contributed by atoms with Crippen molar-refractivity contribution in [2.24, 2.45) is 0 Å². The summed E-state index contributed by atoms with van der Waals surface area (Å²) in [5.74, 6) is -0.534. The van der Waals surface area contributed by atoms with Gasteiger partial charge in [-0.1, -0.05) is 23.5 Å². The van der Waals surface area contributed by atoms with E-state index in [0.717, 1.165) is 15.8 Å². The summed E-state index contributed by atoms with van der Waals surface area (Å²) in [6, 6.07) is 10.9. The van der Waals surface area contributed by atoms with Crippen molar-refractivity contribution in [3.05, 3.63) is 59.7 Å². The van der Waals surface area contributed by atoms with Crippen molar-refractivity contribution in [2.75, 3.05) is 5.32 Å². The first-order valence-electron chi connectivity index (χ1n) is 6.20. The van der Waals surface area contributed by atoms with Crippen molar-refractivity contribution < 1.29 is 8.78 Å². The standard InChI is InChI=1S/C15H12F2N2S/c1-9(10-3-2-4-11(16)7-10)18-15-19-13-6-5-12(17)8-14(13)20-15/h2-9H,1H3,(H,18,19). The van der Waals surface area contributed by atoms with Crippen LogP contribution in [0.2, 0.25) is 0 Å². The summed E-state index contributed by atoms with van der Waals surface area (Å²) in [6.07, 6.45) is 0. The molecular weight excluding hydrogens is 278 g/mol. The van der Waals surface area contributed by atoms with Gasteiger partial charge in [-0.3, -0.25) is 0 Å². The van der Waals surface area contributed by atoms with E-state index >= 15 is 0 Å². The smallest absolute Gasteiger partial charge is 0.184 e. The summed E-state index contributed by atoms with van der Waals surface area (Å²) in [5, 5.41) is 3.91. The fraction of sp³-hybridized carbons (Fsp3) is 0.133. The van der Waals surface area contributed by atoms with Crippen LogP contribution in [0.15, 0.2) is 42.5 Å². The molecule has 0 saturated heterocycles. The lowest BCUT2D eigenvalue weighted by atomic mass is 10.1. The average Bonchev–Trinajstić information content (AvgIpc) is 2.80. The van der Waals surface area contributed by atoms with E-state index < -0.39 is 0 Å². The minimum Gasteiger partial charge on any atom is -0.355 e. The number of nitrogens with one attached hydrogen (secondary N) is 1. The Labute approximate surface area is 119 Å². The van der Waals surface area contributed by atoms with Crippen LogP contribution in [0.25, 0.3) is 10.2 Å². The summed E-state index contributed by atoms with van der Waals surface area (Å²) in [5.41, 5.74) is 1.60. The summed E-state index contributed by atoms with van der Waals surface area (Å²) >= 11 is 1.38. The van der Waals surface area contributed by atoms with Crippen LogP contribution in [0.1, 0.15) is 18.5 Å². The van der Waals surface area contributed by atoms with Gasteiger partial charge in [0.2, 0.25) is 0 Å². The zero-order valence-corrected chi connectivity index (χ0v) is 11.5. The Hall–Kier alpha value is -2.01. The highest BCUT2D eigenvalue weighted by molar-refractivity contribution is 7.22. The van der Waals surface area contributed by atoms with Crippen LogP contribution in [-0.2, 0) is 0 Å². The average molecular weight is 290 g/mol. The molecule has 2 aromatic carbocycles. The second-order valence-corrected chi connectivity index (χ2v) is 5.58. The lowest BCUT2D eigenvalue weighted by molar-refractivity contribution is 0.623. The second kappa shape index (κ2) is 5.17. The maximum absolute atomic E-state index is 13.2. The lowest BCUT2D eigenvalue weighted by Gasteiger charge is -2.13. The largest absolute Gasteiger partial charge is 0.355 e. The molecule has 3 aromatic rings. The number of nitrogens with zero attached hydrogens (tertiary/aromatic N) is 1. The molecule has 1 atom stereocenters. The quantitative estimate of drug-likeness (QED) is 0.753. The Balaban J connectivity index is 1.85. The van der Waals surface area contributed by atoms with Gasteiger partial charge in [0, 0.05) is 0 Å². The topological polar surface area (TPSA) is 24.9 Å². The third-order valence-electron chi connectivity index (χ3n) is 3.04. The number of thiazole rings is 1. The molecule has 1 unspecified atom stereocenters. The normalized spacial score (nSPS) is 12.6. The zero-order chi connectivity index (χ0) is 14.1. The molecule has 1 N–H and O–H groups in total. The van der Waals surface area contributed by atoms with E-state index in [-0.39, 0.29) is 17.7 Å². The highest BCUT2D eigenvalue weighted by Crippen LogP contribution is 2.29. The molecule has 1 aromatic heterocycles. The molecule has 2 nitrogen and oxygen atoms in total. The van der Waals surface area contributed by atoms with Crippen LogP contribution in [0, 0.1) is 11.6 Å². The monoisotopic (exact) mass is 290 g/mol. The molecule has 3 rings (SSSR count). The molecule has 0 fully saturated rings. The van der Waals surface area contributed by atoms with Gasteiger partial charge >= 0.3 is 0 Å². The molecule has 0 spiro atoms. The summed E-state index contributed by atoms with van der Waals surface area (Å²) in [6.45, 7) is 1.93. The molecule has 0 aliphatic rings. The van der Waals surface area contributed by atoms with Crippen LogP contribution >= 0.6 is 11.3 Å². The number of fused-ring (bicyclic) bond motifs is 1. The highest BCUT2D eigenvalue weighted by Gasteiger charge is 2.10. The fourth-order valence-electron chi connectivity index (χ4n) is 2.00. The first-order chi connectivity index (χ1) is 9.61. The van der Waals surface area contributed by atoms with Gasteiger partial charge in [-0.15, -0.1) is 0 Å². The summed E-state index contributed by atoms with van der Waals surface area (Å²) < 4.78 is 27.1. The number of benzene rings is 2. The molecule has 102 valence electrons. The van der Waals surface area contributed by atoms with Crippen molar-refractivity contribution in [2.45, 2.75) is 13.0 Å². The predicted octanol–water partition coefficient (Wildman–Crippen LogP) is 4.75. The van der Waals surface area contributed by atoms with Gasteiger partial charge in [-0.05, 0) is 42.8 Å². The van der Waals surface area contributed by atoms with E-state index in [1.54, 1.807) is 12.1 Å². The maximum Gasteiger partial charge on any atom is 0.184 e. The summed E-state index contributed by atoms with van der Waals surface area (Å²) in [4.78, 5) is 4.39. The van der Waals surface area contributed by atoms with Crippen molar-refractivity contribution in [1.29, 1.82) is 0 Å². The van der Waals surface area contributed by atoms with Gasteiger partial charge in [0.15, 0.2) is 5.13 Å². The molecule has 1 heterocycles. The third kappa shape index (κ3) is 2.63. The van der Waals surface area contributed by atoms with Crippen molar-refractivity contribution in [3.63, 3.8) is 0 Å². The Morgan fingerprint density at radius 1 is 1.10 bits per heavy atom. The summed E-state index contributed by atoms with van der Waals surface area (Å²) in [7, 11) is 0. The predicted molar refractivity (Wildman–Crippen MR) is 78.0 cm³/mol. The van der Waals surface area contributed by atoms with Gasteiger partial charge in [0.1, 0.15) is 11.6 Å². The third-order valence-corrected chi connectivity index (χ3v) is 3.99. The first kappa shape index (κ1) is 13.0. The number of hydrogen-bond acceptors (Lipinski definition) is 3. The van der Waals surface area contributed by atoms with Crippen molar-refractivity contribution in [1.82, 2.24) is 4.98 Å². The van der Waals surface area contributed by atoms with Crippen LogP contribution in [0.5, 0.6) is 0 Å². The number of aromatic nitrogens is 1. The zero-order valence-electron chi connectivity index (χ0n) is 10.7. The number of rotatable bonds is 3. The van der Waals surface area contributed by atoms with E-state index in [9.17, 15) is 8.78 Å². The van der Waals surface area contributed by atoms with E-state index in [1.165, 1.54) is 35.6 Å². The van der Waals surface area contributed by atoms with Gasteiger partial charge < -0.3 is 5.32 Å². The van der Waals surface area contributed by atoms with E-state index in [2.05, 4.69) is 10.3 Å². The van der Waals surface area contributed by atoms with Crippen LogP contribution in [0.4, 0.5) is 13.9 Å². The van der Waals surface area contributed by atoms with Crippen LogP contribution in [0.3, 0.4) is 0 Å². The fourth-order valence-corrected chi connectivity index (χ4v) is 2.98. The molecule has 0 radical (unpaired) electrons. The van der Waals surface area contributed by atoms with Gasteiger partial charge in [-0.25, -0.2) is 13.8 Å². The Morgan fingerprint density at radius 3 is 2.70 bits per heavy atom. The van der Waals surface area contributed by atoms with E-state index in [4.69, 9.17) is 0 Å². The maximum atomic E-state index is 13.2. The Morgan fingerprint density at radius 2 is 1.90 bits per heavy atom. The van der Waals surface area contributed by atoms with Gasteiger partial charge in [0.05, 0.1) is 16.3 Å². The Bertz CT molecular complexity index is 754. The molecule has 5 heteroatoms.